The smallest absolute Gasteiger partial charge is 0.107 e. The van der Waals surface area contributed by atoms with E-state index in [1.165, 1.54) is 11.3 Å². The summed E-state index contributed by atoms with van der Waals surface area (Å²) in [5.41, 5.74) is 3.68. The third-order valence-corrected chi connectivity index (χ3v) is 2.63. The summed E-state index contributed by atoms with van der Waals surface area (Å²) in [5.74, 6) is 0. The highest BCUT2D eigenvalue weighted by Crippen LogP contribution is 2.28. The molecule has 1 N–H and O–H groups in total. The average Bonchev–Trinajstić information content (AvgIpc) is 2.57. The van der Waals surface area contributed by atoms with Crippen molar-refractivity contribution in [2.75, 3.05) is 37.0 Å². The molecule has 0 spiro atoms. The number of hydrogen-bond acceptors (Lipinski definition) is 2. The van der Waals surface area contributed by atoms with Crippen LogP contribution in [-0.4, -0.2) is 26.8 Å². The first-order valence-electron chi connectivity index (χ1n) is 4.95. The van der Waals surface area contributed by atoms with Crippen LogP contribution in [0.3, 0.4) is 0 Å². The van der Waals surface area contributed by atoms with E-state index in [9.17, 15) is 4.39 Å². The molecule has 3 heteroatoms. The summed E-state index contributed by atoms with van der Waals surface area (Å²) in [4.78, 5) is 2.24. The maximum absolute atomic E-state index is 11.9. The summed E-state index contributed by atoms with van der Waals surface area (Å²) < 4.78 is 11.9. The first kappa shape index (κ1) is 9.31. The Kier molecular flexibility index (Phi) is 2.57. The Balaban J connectivity index is 2.15. The number of anilines is 2. The third kappa shape index (κ3) is 1.67. The Morgan fingerprint density at radius 3 is 3.14 bits per heavy atom. The normalized spacial score (nSPS) is 14.3. The molecule has 0 saturated carbocycles. The molecule has 1 aromatic carbocycles. The summed E-state index contributed by atoms with van der Waals surface area (Å²) in [6, 6.07) is 6.23. The molecule has 1 heterocycles. The van der Waals surface area contributed by atoms with Gasteiger partial charge >= 0.3 is 0 Å². The van der Waals surface area contributed by atoms with E-state index in [0.717, 1.165) is 18.7 Å². The van der Waals surface area contributed by atoms with Gasteiger partial charge in [-0.2, -0.15) is 0 Å². The highest BCUT2D eigenvalue weighted by Gasteiger charge is 2.15. The lowest BCUT2D eigenvalue weighted by molar-refractivity contribution is 0.513. The van der Waals surface area contributed by atoms with Gasteiger partial charge in [0, 0.05) is 31.5 Å². The van der Waals surface area contributed by atoms with E-state index in [4.69, 9.17) is 0 Å². The standard InChI is InChI=1S/C11H15FN2/c1-14-7-4-9-8-10(13-6-5-12)2-3-11(9)14/h2-3,8,13H,4-7H2,1H3. The van der Waals surface area contributed by atoms with Gasteiger partial charge in [0.05, 0.1) is 0 Å². The largest absolute Gasteiger partial charge is 0.382 e. The van der Waals surface area contributed by atoms with Crippen LogP contribution in [0.4, 0.5) is 15.8 Å². The van der Waals surface area contributed by atoms with Crippen molar-refractivity contribution in [1.29, 1.82) is 0 Å². The summed E-state index contributed by atoms with van der Waals surface area (Å²) >= 11 is 0. The van der Waals surface area contributed by atoms with Gasteiger partial charge in [0.15, 0.2) is 0 Å². The van der Waals surface area contributed by atoms with Gasteiger partial charge < -0.3 is 10.2 Å². The fourth-order valence-electron chi connectivity index (χ4n) is 1.87. The second-order valence-electron chi connectivity index (χ2n) is 3.63. The zero-order valence-corrected chi connectivity index (χ0v) is 8.39. The number of hydrogen-bond donors (Lipinski definition) is 1. The molecule has 76 valence electrons. The second kappa shape index (κ2) is 3.86. The quantitative estimate of drug-likeness (QED) is 0.792. The number of halogens is 1. The summed E-state index contributed by atoms with van der Waals surface area (Å²) in [6.45, 7) is 1.16. The molecular weight excluding hydrogens is 179 g/mol. The molecule has 2 rings (SSSR count). The molecule has 1 aliphatic heterocycles. The van der Waals surface area contributed by atoms with Gasteiger partial charge in [-0.05, 0) is 30.2 Å². The molecule has 0 bridgehead atoms. The molecule has 0 atom stereocenters. The fourth-order valence-corrected chi connectivity index (χ4v) is 1.87. The van der Waals surface area contributed by atoms with Crippen molar-refractivity contribution in [3.63, 3.8) is 0 Å². The predicted molar refractivity (Wildman–Crippen MR) is 57.9 cm³/mol. The molecule has 0 fully saturated rings. The van der Waals surface area contributed by atoms with Crippen molar-refractivity contribution in [1.82, 2.24) is 0 Å². The van der Waals surface area contributed by atoms with Crippen LogP contribution in [0.2, 0.25) is 0 Å². The van der Waals surface area contributed by atoms with Crippen molar-refractivity contribution in [3.8, 4) is 0 Å². The molecule has 2 nitrogen and oxygen atoms in total. The van der Waals surface area contributed by atoms with Crippen LogP contribution in [0, 0.1) is 0 Å². The van der Waals surface area contributed by atoms with E-state index in [0.29, 0.717) is 6.54 Å². The summed E-state index contributed by atoms with van der Waals surface area (Å²) in [6.07, 6.45) is 1.09. The van der Waals surface area contributed by atoms with Crippen molar-refractivity contribution in [2.45, 2.75) is 6.42 Å². The average molecular weight is 194 g/mol. The van der Waals surface area contributed by atoms with Gasteiger partial charge in [0.25, 0.3) is 0 Å². The Hall–Kier alpha value is -1.25. The number of nitrogens with one attached hydrogen (secondary N) is 1. The molecule has 0 amide bonds. The van der Waals surface area contributed by atoms with Crippen LogP contribution in [0.25, 0.3) is 0 Å². The van der Waals surface area contributed by atoms with Crippen LogP contribution in [0.15, 0.2) is 18.2 Å². The topological polar surface area (TPSA) is 15.3 Å². The lowest BCUT2D eigenvalue weighted by Crippen LogP contribution is -2.12. The van der Waals surface area contributed by atoms with Crippen LogP contribution < -0.4 is 10.2 Å². The summed E-state index contributed by atoms with van der Waals surface area (Å²) in [5, 5.41) is 3.05. The maximum Gasteiger partial charge on any atom is 0.107 e. The molecular formula is C11H15FN2. The first-order valence-corrected chi connectivity index (χ1v) is 4.95. The Bertz CT molecular complexity index is 325. The van der Waals surface area contributed by atoms with Crippen LogP contribution in [0.1, 0.15) is 5.56 Å². The van der Waals surface area contributed by atoms with Crippen molar-refractivity contribution >= 4 is 11.4 Å². The van der Waals surface area contributed by atoms with Gasteiger partial charge in [0.2, 0.25) is 0 Å². The van der Waals surface area contributed by atoms with E-state index >= 15 is 0 Å². The highest BCUT2D eigenvalue weighted by molar-refractivity contribution is 5.63. The second-order valence-corrected chi connectivity index (χ2v) is 3.63. The molecule has 0 radical (unpaired) electrons. The number of alkyl halides is 1. The molecule has 0 aliphatic carbocycles. The van der Waals surface area contributed by atoms with Crippen LogP contribution in [0.5, 0.6) is 0 Å². The number of rotatable bonds is 3. The van der Waals surface area contributed by atoms with E-state index < -0.39 is 0 Å². The van der Waals surface area contributed by atoms with Crippen molar-refractivity contribution in [3.05, 3.63) is 23.8 Å². The van der Waals surface area contributed by atoms with E-state index in [1.807, 2.05) is 6.07 Å². The zero-order valence-electron chi connectivity index (χ0n) is 8.39. The number of nitrogens with zero attached hydrogens (tertiary/aromatic N) is 1. The molecule has 14 heavy (non-hydrogen) atoms. The number of benzene rings is 1. The third-order valence-electron chi connectivity index (χ3n) is 2.63. The minimum absolute atomic E-state index is 0.322. The van der Waals surface area contributed by atoms with Gasteiger partial charge in [-0.25, -0.2) is 4.39 Å². The Labute approximate surface area is 83.7 Å². The minimum atomic E-state index is -0.322. The zero-order chi connectivity index (χ0) is 9.97. The van der Waals surface area contributed by atoms with Gasteiger partial charge in [-0.3, -0.25) is 0 Å². The fraction of sp³-hybridized carbons (Fsp3) is 0.455. The molecule has 0 saturated heterocycles. The lowest BCUT2D eigenvalue weighted by Gasteiger charge is -2.12. The van der Waals surface area contributed by atoms with Crippen molar-refractivity contribution in [2.24, 2.45) is 0 Å². The maximum atomic E-state index is 11.9. The highest BCUT2D eigenvalue weighted by atomic mass is 19.1. The predicted octanol–water partition coefficient (Wildman–Crippen LogP) is 2.06. The molecule has 1 aromatic rings. The Morgan fingerprint density at radius 2 is 2.36 bits per heavy atom. The monoisotopic (exact) mass is 194 g/mol. The van der Waals surface area contributed by atoms with Crippen LogP contribution >= 0.6 is 0 Å². The molecule has 0 unspecified atom stereocenters. The number of likely N-dealkylation sites (N-methyl/N-ethyl adjacent to an activating group) is 1. The van der Waals surface area contributed by atoms with E-state index in [2.05, 4.69) is 29.4 Å². The molecule has 0 aromatic heterocycles. The van der Waals surface area contributed by atoms with Crippen LogP contribution in [-0.2, 0) is 6.42 Å². The minimum Gasteiger partial charge on any atom is -0.382 e. The van der Waals surface area contributed by atoms with E-state index in [-0.39, 0.29) is 6.67 Å². The first-order chi connectivity index (χ1) is 6.81. The van der Waals surface area contributed by atoms with Gasteiger partial charge in [-0.15, -0.1) is 0 Å². The summed E-state index contributed by atoms with van der Waals surface area (Å²) in [7, 11) is 2.10. The van der Waals surface area contributed by atoms with E-state index in [1.54, 1.807) is 0 Å². The van der Waals surface area contributed by atoms with Gasteiger partial charge in [-0.1, -0.05) is 0 Å². The Morgan fingerprint density at radius 1 is 1.50 bits per heavy atom. The SMILES string of the molecule is CN1CCc2cc(NCCF)ccc21. The molecule has 1 aliphatic rings. The number of fused-ring (bicyclic) bond motifs is 1. The van der Waals surface area contributed by atoms with Crippen molar-refractivity contribution < 1.29 is 4.39 Å². The van der Waals surface area contributed by atoms with Gasteiger partial charge in [0.1, 0.15) is 6.67 Å². The lowest BCUT2D eigenvalue weighted by atomic mass is 10.1.